The molecule has 0 unspecified atom stereocenters. The molecule has 1 N–H and O–H groups in total. The Morgan fingerprint density at radius 3 is 2.94 bits per heavy atom. The van der Waals surface area contributed by atoms with Gasteiger partial charge in [0.05, 0.1) is 11.4 Å². The summed E-state index contributed by atoms with van der Waals surface area (Å²) in [6.07, 6.45) is 8.08. The summed E-state index contributed by atoms with van der Waals surface area (Å²) in [4.78, 5) is 0. The van der Waals surface area contributed by atoms with Crippen LogP contribution in [-0.4, -0.2) is 16.3 Å². The van der Waals surface area contributed by atoms with Crippen LogP contribution < -0.4 is 5.32 Å². The molecule has 0 radical (unpaired) electrons. The number of unbranched alkanes of at least 4 members (excludes halogenated alkanes) is 1. The molecule has 3 heteroatoms. The molecule has 1 rings (SSSR count). The van der Waals surface area contributed by atoms with Crippen molar-refractivity contribution in [2.45, 2.75) is 46.2 Å². The Morgan fingerprint density at radius 1 is 1.50 bits per heavy atom. The molecule has 0 amide bonds. The van der Waals surface area contributed by atoms with Crippen molar-refractivity contribution in [2.24, 2.45) is 0 Å². The van der Waals surface area contributed by atoms with Crippen LogP contribution in [0.5, 0.6) is 0 Å². The van der Waals surface area contributed by atoms with Gasteiger partial charge < -0.3 is 5.32 Å². The zero-order valence-corrected chi connectivity index (χ0v) is 10.3. The van der Waals surface area contributed by atoms with E-state index >= 15 is 0 Å². The Kier molecular flexibility index (Phi) is 5.66. The third-order valence-electron chi connectivity index (χ3n) is 2.56. The zero-order valence-electron chi connectivity index (χ0n) is 10.3. The molecule has 0 aliphatic heterocycles. The molecule has 88 valence electrons. The number of aromatic nitrogens is 2. The van der Waals surface area contributed by atoms with Crippen molar-refractivity contribution < 1.29 is 0 Å². The lowest BCUT2D eigenvalue weighted by atomic mass is 10.3. The van der Waals surface area contributed by atoms with Gasteiger partial charge in [0.25, 0.3) is 0 Å². The van der Waals surface area contributed by atoms with E-state index in [2.05, 4.69) is 40.9 Å². The number of aryl methyl sites for hydroxylation is 2. The third-order valence-corrected chi connectivity index (χ3v) is 2.56. The predicted molar refractivity (Wildman–Crippen MR) is 67.1 cm³/mol. The molecule has 16 heavy (non-hydrogen) atoms. The number of hydrogen-bond acceptors (Lipinski definition) is 2. The van der Waals surface area contributed by atoms with Crippen LogP contribution in [0.1, 0.15) is 38.1 Å². The van der Waals surface area contributed by atoms with E-state index in [1.807, 2.05) is 0 Å². The van der Waals surface area contributed by atoms with Gasteiger partial charge in [0.2, 0.25) is 0 Å². The monoisotopic (exact) mass is 219 g/mol. The molecule has 0 bridgehead atoms. The first-order valence-corrected chi connectivity index (χ1v) is 6.01. The van der Waals surface area contributed by atoms with Crippen molar-refractivity contribution in [3.63, 3.8) is 0 Å². The van der Waals surface area contributed by atoms with Gasteiger partial charge in [-0.05, 0) is 32.4 Å². The summed E-state index contributed by atoms with van der Waals surface area (Å²) in [5.74, 6) is 2.64. The van der Waals surface area contributed by atoms with E-state index in [1.165, 1.54) is 11.4 Å². The van der Waals surface area contributed by atoms with Gasteiger partial charge >= 0.3 is 0 Å². The number of rotatable bonds is 7. The molecule has 0 aromatic carbocycles. The van der Waals surface area contributed by atoms with Gasteiger partial charge in [-0.25, -0.2) is 0 Å². The molecule has 0 fully saturated rings. The first-order valence-electron chi connectivity index (χ1n) is 6.01. The summed E-state index contributed by atoms with van der Waals surface area (Å²) in [5, 5.41) is 7.90. The Bertz CT molecular complexity index is 347. The van der Waals surface area contributed by atoms with E-state index in [0.29, 0.717) is 0 Å². The van der Waals surface area contributed by atoms with Crippen LogP contribution in [0.3, 0.4) is 0 Å². The average molecular weight is 219 g/mol. The van der Waals surface area contributed by atoms with Gasteiger partial charge in [-0.2, -0.15) is 5.10 Å². The Balaban J connectivity index is 2.40. The SMILES string of the molecule is C#CCCCNCc1cc(CC)nn1CC. The fraction of sp³-hybridized carbons (Fsp3) is 0.615. The lowest BCUT2D eigenvalue weighted by Gasteiger charge is -2.05. The second kappa shape index (κ2) is 7.08. The van der Waals surface area contributed by atoms with Gasteiger partial charge in [-0.1, -0.05) is 6.92 Å². The highest BCUT2D eigenvalue weighted by Crippen LogP contribution is 2.05. The molecule has 1 aromatic heterocycles. The minimum Gasteiger partial charge on any atom is -0.311 e. The average Bonchev–Trinajstić information content (AvgIpc) is 2.71. The topological polar surface area (TPSA) is 29.9 Å². The quantitative estimate of drug-likeness (QED) is 0.561. The van der Waals surface area contributed by atoms with Crippen molar-refractivity contribution >= 4 is 0 Å². The van der Waals surface area contributed by atoms with Gasteiger partial charge in [0.15, 0.2) is 0 Å². The van der Waals surface area contributed by atoms with Crippen molar-refractivity contribution in [2.75, 3.05) is 6.54 Å². The summed E-state index contributed by atoms with van der Waals surface area (Å²) < 4.78 is 2.06. The largest absolute Gasteiger partial charge is 0.311 e. The van der Waals surface area contributed by atoms with E-state index in [4.69, 9.17) is 6.42 Å². The lowest BCUT2D eigenvalue weighted by Crippen LogP contribution is -2.17. The van der Waals surface area contributed by atoms with Crippen LogP contribution in [0, 0.1) is 12.3 Å². The molecule has 0 atom stereocenters. The molecule has 0 spiro atoms. The van der Waals surface area contributed by atoms with Crippen LogP contribution in [0.25, 0.3) is 0 Å². The summed E-state index contributed by atoms with van der Waals surface area (Å²) >= 11 is 0. The Hall–Kier alpha value is -1.27. The number of nitrogens with zero attached hydrogens (tertiary/aromatic N) is 2. The van der Waals surface area contributed by atoms with Gasteiger partial charge in [0.1, 0.15) is 0 Å². The first-order chi connectivity index (χ1) is 7.81. The molecule has 0 saturated carbocycles. The summed E-state index contributed by atoms with van der Waals surface area (Å²) in [7, 11) is 0. The Labute approximate surface area is 98.2 Å². The van der Waals surface area contributed by atoms with E-state index in [1.54, 1.807) is 0 Å². The minimum atomic E-state index is 0.847. The zero-order chi connectivity index (χ0) is 11.8. The van der Waals surface area contributed by atoms with Gasteiger partial charge in [-0.3, -0.25) is 4.68 Å². The molecule has 0 aliphatic rings. The number of hydrogen-bond donors (Lipinski definition) is 1. The van der Waals surface area contributed by atoms with Crippen molar-refractivity contribution in [3.8, 4) is 12.3 Å². The highest BCUT2D eigenvalue weighted by molar-refractivity contribution is 5.10. The van der Waals surface area contributed by atoms with Crippen LogP contribution in [0.15, 0.2) is 6.07 Å². The van der Waals surface area contributed by atoms with Crippen LogP contribution in [-0.2, 0) is 19.5 Å². The third kappa shape index (κ3) is 3.71. The summed E-state index contributed by atoms with van der Waals surface area (Å²) in [6.45, 7) is 7.04. The van der Waals surface area contributed by atoms with Crippen molar-refractivity contribution in [3.05, 3.63) is 17.5 Å². The normalized spacial score (nSPS) is 10.3. The standard InChI is InChI=1S/C13H21N3/c1-4-7-8-9-14-11-13-10-12(5-2)15-16(13)6-3/h1,10,14H,5-9,11H2,2-3H3. The van der Waals surface area contributed by atoms with Crippen LogP contribution >= 0.6 is 0 Å². The molecular weight excluding hydrogens is 198 g/mol. The molecule has 1 heterocycles. The van der Waals surface area contributed by atoms with Crippen molar-refractivity contribution in [1.82, 2.24) is 15.1 Å². The highest BCUT2D eigenvalue weighted by atomic mass is 15.3. The van der Waals surface area contributed by atoms with Gasteiger partial charge in [-0.15, -0.1) is 12.3 Å². The molecule has 0 saturated heterocycles. The predicted octanol–water partition coefficient (Wildman–Crippen LogP) is 1.97. The summed E-state index contributed by atoms with van der Waals surface area (Å²) in [5.41, 5.74) is 2.43. The van der Waals surface area contributed by atoms with Crippen molar-refractivity contribution in [1.29, 1.82) is 0 Å². The first kappa shape index (κ1) is 12.8. The second-order valence-electron chi connectivity index (χ2n) is 3.78. The Morgan fingerprint density at radius 2 is 2.31 bits per heavy atom. The molecule has 0 aliphatic carbocycles. The van der Waals surface area contributed by atoms with Gasteiger partial charge in [0, 0.05) is 19.5 Å². The molecular formula is C13H21N3. The molecule has 1 aromatic rings. The maximum Gasteiger partial charge on any atom is 0.0625 e. The maximum atomic E-state index is 5.20. The van der Waals surface area contributed by atoms with Crippen LogP contribution in [0.2, 0.25) is 0 Å². The second-order valence-corrected chi connectivity index (χ2v) is 3.78. The van der Waals surface area contributed by atoms with E-state index < -0.39 is 0 Å². The fourth-order valence-electron chi connectivity index (χ4n) is 1.64. The van der Waals surface area contributed by atoms with E-state index in [-0.39, 0.29) is 0 Å². The highest BCUT2D eigenvalue weighted by Gasteiger charge is 2.04. The maximum absolute atomic E-state index is 5.20. The number of nitrogens with one attached hydrogen (secondary N) is 1. The smallest absolute Gasteiger partial charge is 0.0625 e. The number of terminal acetylenes is 1. The fourth-order valence-corrected chi connectivity index (χ4v) is 1.64. The lowest BCUT2D eigenvalue weighted by molar-refractivity contribution is 0.572. The van der Waals surface area contributed by atoms with E-state index in [0.717, 1.165) is 38.9 Å². The minimum absolute atomic E-state index is 0.847. The molecule has 3 nitrogen and oxygen atoms in total. The van der Waals surface area contributed by atoms with Crippen LogP contribution in [0.4, 0.5) is 0 Å². The van der Waals surface area contributed by atoms with E-state index in [9.17, 15) is 0 Å². The summed E-state index contributed by atoms with van der Waals surface area (Å²) in [6, 6.07) is 2.18.